The average molecular weight is 398 g/mol. The molecular formula is C23H18N4O3. The van der Waals surface area contributed by atoms with Gasteiger partial charge in [-0.05, 0) is 48.5 Å². The summed E-state index contributed by atoms with van der Waals surface area (Å²) in [5.41, 5.74) is 6.50. The van der Waals surface area contributed by atoms with Crippen LogP contribution in [0, 0.1) is 11.3 Å². The first-order valence-corrected chi connectivity index (χ1v) is 8.97. The topological polar surface area (TPSA) is 117 Å². The standard InChI is InChI=1S/C23H18N4O3/c24-14-16(15-26-23(29)20-8-4-5-9-21(20)25)22(28)27-17-10-12-19(13-11-17)30-18-6-2-1-3-7-18/h1-13,15H,25H2,(H,26,29)(H,27,28)/b16-15-. The molecule has 30 heavy (non-hydrogen) atoms. The summed E-state index contributed by atoms with van der Waals surface area (Å²) in [7, 11) is 0. The molecule has 0 aliphatic rings. The first kappa shape index (κ1) is 20.2. The van der Waals surface area contributed by atoms with E-state index in [0.717, 1.165) is 6.20 Å². The number of rotatable bonds is 6. The van der Waals surface area contributed by atoms with Crippen molar-refractivity contribution in [3.63, 3.8) is 0 Å². The van der Waals surface area contributed by atoms with Crippen LogP contribution in [0.15, 0.2) is 90.6 Å². The van der Waals surface area contributed by atoms with Gasteiger partial charge in [-0.3, -0.25) is 9.59 Å². The van der Waals surface area contributed by atoms with Crippen molar-refractivity contribution in [2.75, 3.05) is 11.1 Å². The smallest absolute Gasteiger partial charge is 0.267 e. The van der Waals surface area contributed by atoms with Crippen molar-refractivity contribution in [1.82, 2.24) is 5.32 Å². The first-order valence-electron chi connectivity index (χ1n) is 8.97. The lowest BCUT2D eigenvalue weighted by molar-refractivity contribution is -0.112. The minimum atomic E-state index is -0.657. The van der Waals surface area contributed by atoms with Gasteiger partial charge in [-0.25, -0.2) is 0 Å². The Bertz CT molecular complexity index is 1120. The molecule has 7 heteroatoms. The number of amides is 2. The molecule has 0 spiro atoms. The van der Waals surface area contributed by atoms with Gasteiger partial charge in [0.2, 0.25) is 0 Å². The third kappa shape index (κ3) is 5.24. The van der Waals surface area contributed by atoms with Crippen LogP contribution in [0.2, 0.25) is 0 Å². The van der Waals surface area contributed by atoms with Crippen molar-refractivity contribution >= 4 is 23.2 Å². The zero-order valence-electron chi connectivity index (χ0n) is 15.8. The highest BCUT2D eigenvalue weighted by molar-refractivity contribution is 6.07. The third-order valence-corrected chi connectivity index (χ3v) is 4.01. The zero-order chi connectivity index (χ0) is 21.3. The fourth-order valence-corrected chi connectivity index (χ4v) is 2.50. The van der Waals surface area contributed by atoms with E-state index in [0.29, 0.717) is 22.9 Å². The molecule has 0 aliphatic carbocycles. The summed E-state index contributed by atoms with van der Waals surface area (Å²) in [5, 5.41) is 14.3. The Morgan fingerprint density at radius 2 is 1.53 bits per heavy atom. The maximum absolute atomic E-state index is 12.3. The van der Waals surface area contributed by atoms with Gasteiger partial charge in [0.15, 0.2) is 0 Å². The van der Waals surface area contributed by atoms with Gasteiger partial charge in [0.25, 0.3) is 11.8 Å². The first-order chi connectivity index (χ1) is 14.6. The molecule has 0 atom stereocenters. The van der Waals surface area contributed by atoms with Crippen LogP contribution in [0.25, 0.3) is 0 Å². The quantitative estimate of drug-likeness (QED) is 0.331. The molecule has 0 aromatic heterocycles. The molecule has 3 aromatic rings. The Hall–Kier alpha value is -4.57. The van der Waals surface area contributed by atoms with Crippen LogP contribution in [-0.2, 0) is 4.79 Å². The summed E-state index contributed by atoms with van der Waals surface area (Å²) in [6.45, 7) is 0. The molecular weight excluding hydrogens is 380 g/mol. The number of hydrogen-bond donors (Lipinski definition) is 3. The molecule has 0 fully saturated rings. The second-order valence-corrected chi connectivity index (χ2v) is 6.12. The van der Waals surface area contributed by atoms with Crippen LogP contribution in [0.5, 0.6) is 11.5 Å². The van der Waals surface area contributed by atoms with E-state index in [1.54, 1.807) is 54.6 Å². The van der Waals surface area contributed by atoms with E-state index in [1.165, 1.54) is 0 Å². The van der Waals surface area contributed by atoms with Gasteiger partial charge in [-0.15, -0.1) is 0 Å². The second-order valence-electron chi connectivity index (χ2n) is 6.12. The number of nitrogens with two attached hydrogens (primary N) is 1. The van der Waals surface area contributed by atoms with Crippen molar-refractivity contribution in [2.24, 2.45) is 0 Å². The number of nitrogens with zero attached hydrogens (tertiary/aromatic N) is 1. The average Bonchev–Trinajstić information content (AvgIpc) is 2.76. The van der Waals surface area contributed by atoms with Crippen LogP contribution in [0.3, 0.4) is 0 Å². The molecule has 0 radical (unpaired) electrons. The monoisotopic (exact) mass is 398 g/mol. The number of carbonyl (C=O) groups excluding carboxylic acids is 2. The molecule has 3 rings (SSSR count). The third-order valence-electron chi connectivity index (χ3n) is 4.01. The van der Waals surface area contributed by atoms with Crippen molar-refractivity contribution in [1.29, 1.82) is 5.26 Å². The Balaban J connectivity index is 1.62. The van der Waals surface area contributed by atoms with Gasteiger partial charge < -0.3 is 21.1 Å². The lowest BCUT2D eigenvalue weighted by Crippen LogP contribution is -2.22. The molecule has 3 aromatic carbocycles. The van der Waals surface area contributed by atoms with E-state index in [-0.39, 0.29) is 11.1 Å². The summed E-state index contributed by atoms with van der Waals surface area (Å²) in [6.07, 6.45) is 1.05. The molecule has 7 nitrogen and oxygen atoms in total. The SMILES string of the molecule is N#C/C(=C/NC(=O)c1ccccc1N)C(=O)Nc1ccc(Oc2ccccc2)cc1. The highest BCUT2D eigenvalue weighted by Gasteiger charge is 2.12. The molecule has 0 bridgehead atoms. The number of nitriles is 1. The summed E-state index contributed by atoms with van der Waals surface area (Å²) < 4.78 is 5.69. The number of nitrogens with one attached hydrogen (secondary N) is 2. The van der Waals surface area contributed by atoms with Crippen molar-refractivity contribution in [3.8, 4) is 17.6 Å². The highest BCUT2D eigenvalue weighted by Crippen LogP contribution is 2.22. The summed E-state index contributed by atoms with van der Waals surface area (Å²) in [6, 6.07) is 24.2. The van der Waals surface area contributed by atoms with E-state index in [2.05, 4.69) is 10.6 Å². The molecule has 2 amide bonds. The molecule has 0 aliphatic heterocycles. The van der Waals surface area contributed by atoms with E-state index in [9.17, 15) is 14.9 Å². The minimum absolute atomic E-state index is 0.250. The Morgan fingerprint density at radius 1 is 0.900 bits per heavy atom. The molecule has 0 heterocycles. The lowest BCUT2D eigenvalue weighted by atomic mass is 10.1. The number of benzene rings is 3. The maximum atomic E-state index is 12.3. The number of ether oxygens (including phenoxy) is 1. The van der Waals surface area contributed by atoms with Crippen LogP contribution >= 0.6 is 0 Å². The number of nitrogen functional groups attached to an aromatic ring is 1. The van der Waals surface area contributed by atoms with Gasteiger partial charge in [0.1, 0.15) is 23.1 Å². The van der Waals surface area contributed by atoms with E-state index < -0.39 is 11.8 Å². The number of hydrogen-bond acceptors (Lipinski definition) is 5. The summed E-state index contributed by atoms with van der Waals surface area (Å²) in [4.78, 5) is 24.5. The Morgan fingerprint density at radius 3 is 2.20 bits per heavy atom. The van der Waals surface area contributed by atoms with Crippen LogP contribution in [0.1, 0.15) is 10.4 Å². The van der Waals surface area contributed by atoms with Crippen molar-refractivity contribution < 1.29 is 14.3 Å². The lowest BCUT2D eigenvalue weighted by Gasteiger charge is -2.08. The maximum Gasteiger partial charge on any atom is 0.267 e. The van der Waals surface area contributed by atoms with Gasteiger partial charge in [0, 0.05) is 17.6 Å². The minimum Gasteiger partial charge on any atom is -0.457 e. The van der Waals surface area contributed by atoms with Gasteiger partial charge >= 0.3 is 0 Å². The van der Waals surface area contributed by atoms with Crippen LogP contribution in [-0.4, -0.2) is 11.8 Å². The van der Waals surface area contributed by atoms with Gasteiger partial charge in [-0.2, -0.15) is 5.26 Å². The number of para-hydroxylation sites is 2. The molecule has 4 N–H and O–H groups in total. The van der Waals surface area contributed by atoms with Crippen molar-refractivity contribution in [2.45, 2.75) is 0 Å². The predicted molar refractivity (Wildman–Crippen MR) is 114 cm³/mol. The molecule has 0 saturated heterocycles. The predicted octanol–water partition coefficient (Wildman–Crippen LogP) is 3.84. The highest BCUT2D eigenvalue weighted by atomic mass is 16.5. The molecule has 148 valence electrons. The molecule has 0 unspecified atom stereocenters. The van der Waals surface area contributed by atoms with E-state index in [1.807, 2.05) is 30.3 Å². The van der Waals surface area contributed by atoms with Gasteiger partial charge in [-0.1, -0.05) is 30.3 Å². The number of anilines is 2. The summed E-state index contributed by atoms with van der Waals surface area (Å²) >= 11 is 0. The fraction of sp³-hybridized carbons (Fsp3) is 0. The van der Waals surface area contributed by atoms with Crippen LogP contribution < -0.4 is 21.1 Å². The van der Waals surface area contributed by atoms with E-state index >= 15 is 0 Å². The second kappa shape index (κ2) is 9.57. The number of carbonyl (C=O) groups is 2. The fourth-order valence-electron chi connectivity index (χ4n) is 2.50. The Labute approximate surface area is 173 Å². The van der Waals surface area contributed by atoms with Gasteiger partial charge in [0.05, 0.1) is 5.56 Å². The Kier molecular flexibility index (Phi) is 6.44. The normalized spacial score (nSPS) is 10.6. The largest absolute Gasteiger partial charge is 0.457 e. The zero-order valence-corrected chi connectivity index (χ0v) is 15.8. The molecule has 0 saturated carbocycles. The summed E-state index contributed by atoms with van der Waals surface area (Å²) in [5.74, 6) is 0.119. The van der Waals surface area contributed by atoms with Crippen molar-refractivity contribution in [3.05, 3.63) is 96.2 Å². The van der Waals surface area contributed by atoms with E-state index in [4.69, 9.17) is 10.5 Å². The van der Waals surface area contributed by atoms with Crippen LogP contribution in [0.4, 0.5) is 11.4 Å².